The van der Waals surface area contributed by atoms with Crippen molar-refractivity contribution in [2.24, 2.45) is 0 Å². The Morgan fingerprint density at radius 3 is 2.93 bits per heavy atom. The Hall–Kier alpha value is -1.75. The Labute approximate surface area is 89.2 Å². The van der Waals surface area contributed by atoms with Crippen LogP contribution in [0.15, 0.2) is 18.2 Å². The molecule has 0 radical (unpaired) electrons. The molecule has 3 aromatic rings. The van der Waals surface area contributed by atoms with Gasteiger partial charge in [0.15, 0.2) is 0 Å². The van der Waals surface area contributed by atoms with Crippen molar-refractivity contribution in [2.45, 2.75) is 6.92 Å². The van der Waals surface area contributed by atoms with E-state index in [4.69, 9.17) is 0 Å². The van der Waals surface area contributed by atoms with E-state index in [9.17, 15) is 5.11 Å². The Balaban J connectivity index is 2.63. The van der Waals surface area contributed by atoms with Crippen LogP contribution >= 0.6 is 11.3 Å². The summed E-state index contributed by atoms with van der Waals surface area (Å²) in [4.78, 5) is 0. The molecular formula is C10H7N3OS. The predicted octanol–water partition coefficient (Wildman–Crippen LogP) is 2.25. The highest BCUT2D eigenvalue weighted by atomic mass is 32.1. The predicted molar refractivity (Wildman–Crippen MR) is 59.1 cm³/mol. The van der Waals surface area contributed by atoms with Gasteiger partial charge in [0.25, 0.3) is 5.88 Å². The number of aromatic hydroxyl groups is 1. The van der Waals surface area contributed by atoms with Gasteiger partial charge in [-0.3, -0.25) is 0 Å². The summed E-state index contributed by atoms with van der Waals surface area (Å²) >= 11 is 1.50. The van der Waals surface area contributed by atoms with Crippen LogP contribution in [0.5, 0.6) is 5.88 Å². The van der Waals surface area contributed by atoms with Crippen molar-refractivity contribution in [2.75, 3.05) is 0 Å². The van der Waals surface area contributed by atoms with Crippen molar-refractivity contribution >= 4 is 31.6 Å². The molecule has 2 aromatic heterocycles. The number of benzene rings is 1. The summed E-state index contributed by atoms with van der Waals surface area (Å²) in [5.41, 5.74) is 1.90. The zero-order chi connectivity index (χ0) is 10.4. The third kappa shape index (κ3) is 1.10. The fourth-order valence-electron chi connectivity index (χ4n) is 1.65. The minimum absolute atomic E-state index is 0.0411. The molecule has 1 aromatic carbocycles. The molecule has 3 rings (SSSR count). The first-order chi connectivity index (χ1) is 7.27. The van der Waals surface area contributed by atoms with E-state index < -0.39 is 0 Å². The number of thiophene rings is 1. The quantitative estimate of drug-likeness (QED) is 0.627. The SMILES string of the molecule is Cc1cccc2c1sc1c(O)nnnc12. The zero-order valence-electron chi connectivity index (χ0n) is 7.93. The lowest BCUT2D eigenvalue weighted by Gasteiger charge is -1.92. The third-order valence-corrected chi connectivity index (χ3v) is 3.70. The maximum absolute atomic E-state index is 9.56. The molecular weight excluding hydrogens is 210 g/mol. The normalized spacial score (nSPS) is 11.3. The Morgan fingerprint density at radius 1 is 1.20 bits per heavy atom. The Morgan fingerprint density at radius 2 is 2.07 bits per heavy atom. The standard InChI is InChI=1S/C10H7N3OS/c1-5-3-2-4-6-7-9(15-8(5)6)10(14)12-13-11-7/h2-4H,1H3,(H,11,12,14). The van der Waals surface area contributed by atoms with E-state index in [-0.39, 0.29) is 5.88 Å². The number of rotatable bonds is 0. The minimum atomic E-state index is -0.0411. The van der Waals surface area contributed by atoms with Crippen molar-refractivity contribution in [3.8, 4) is 5.88 Å². The number of aromatic nitrogens is 3. The summed E-state index contributed by atoms with van der Waals surface area (Å²) in [5, 5.41) is 21.6. The van der Waals surface area contributed by atoms with Gasteiger partial charge in [0.05, 0.1) is 0 Å². The lowest BCUT2D eigenvalue weighted by atomic mass is 10.2. The van der Waals surface area contributed by atoms with Gasteiger partial charge in [0, 0.05) is 10.1 Å². The van der Waals surface area contributed by atoms with Gasteiger partial charge in [-0.05, 0) is 17.7 Å². The molecule has 0 bridgehead atoms. The van der Waals surface area contributed by atoms with Crippen molar-refractivity contribution in [1.82, 2.24) is 15.4 Å². The second-order valence-electron chi connectivity index (χ2n) is 3.34. The van der Waals surface area contributed by atoms with Gasteiger partial charge in [0.1, 0.15) is 10.2 Å². The first-order valence-electron chi connectivity index (χ1n) is 4.47. The number of hydrogen-bond acceptors (Lipinski definition) is 5. The average molecular weight is 217 g/mol. The largest absolute Gasteiger partial charge is 0.491 e. The van der Waals surface area contributed by atoms with Gasteiger partial charge in [-0.25, -0.2) is 0 Å². The van der Waals surface area contributed by atoms with Crippen LogP contribution in [0.2, 0.25) is 0 Å². The van der Waals surface area contributed by atoms with Gasteiger partial charge >= 0.3 is 0 Å². The van der Waals surface area contributed by atoms with Crippen molar-refractivity contribution in [3.05, 3.63) is 23.8 Å². The monoisotopic (exact) mass is 217 g/mol. The first kappa shape index (κ1) is 8.55. The summed E-state index contributed by atoms with van der Waals surface area (Å²) < 4.78 is 1.83. The van der Waals surface area contributed by atoms with E-state index in [2.05, 4.69) is 15.4 Å². The highest BCUT2D eigenvalue weighted by Gasteiger charge is 2.11. The molecule has 5 heteroatoms. The molecule has 0 aliphatic rings. The van der Waals surface area contributed by atoms with E-state index in [1.807, 2.05) is 25.1 Å². The van der Waals surface area contributed by atoms with Crippen LogP contribution in [0.3, 0.4) is 0 Å². The summed E-state index contributed by atoms with van der Waals surface area (Å²) in [5.74, 6) is -0.0411. The smallest absolute Gasteiger partial charge is 0.252 e. The van der Waals surface area contributed by atoms with E-state index >= 15 is 0 Å². The lowest BCUT2D eigenvalue weighted by Crippen LogP contribution is -1.85. The average Bonchev–Trinajstić information content (AvgIpc) is 2.60. The van der Waals surface area contributed by atoms with Crippen molar-refractivity contribution in [3.63, 3.8) is 0 Å². The van der Waals surface area contributed by atoms with Gasteiger partial charge in [-0.15, -0.1) is 16.4 Å². The molecule has 15 heavy (non-hydrogen) atoms. The van der Waals surface area contributed by atoms with E-state index in [1.165, 1.54) is 16.9 Å². The molecule has 0 atom stereocenters. The van der Waals surface area contributed by atoms with Crippen LogP contribution < -0.4 is 0 Å². The molecule has 74 valence electrons. The molecule has 0 saturated heterocycles. The maximum atomic E-state index is 9.56. The van der Waals surface area contributed by atoms with Crippen LogP contribution in [-0.2, 0) is 0 Å². The second-order valence-corrected chi connectivity index (χ2v) is 4.37. The van der Waals surface area contributed by atoms with Crippen LogP contribution in [-0.4, -0.2) is 20.5 Å². The van der Waals surface area contributed by atoms with Crippen LogP contribution in [0.1, 0.15) is 5.56 Å². The van der Waals surface area contributed by atoms with Crippen LogP contribution in [0, 0.1) is 6.92 Å². The second kappa shape index (κ2) is 2.87. The summed E-state index contributed by atoms with van der Waals surface area (Å²) in [7, 11) is 0. The minimum Gasteiger partial charge on any atom is -0.491 e. The summed E-state index contributed by atoms with van der Waals surface area (Å²) in [6, 6.07) is 5.99. The highest BCUT2D eigenvalue weighted by Crippen LogP contribution is 2.37. The zero-order valence-corrected chi connectivity index (χ0v) is 8.75. The molecule has 2 heterocycles. The molecule has 0 aliphatic carbocycles. The van der Waals surface area contributed by atoms with Crippen molar-refractivity contribution in [1.29, 1.82) is 0 Å². The molecule has 0 fully saturated rings. The Bertz CT molecular complexity index is 606. The number of fused-ring (bicyclic) bond motifs is 3. The third-order valence-electron chi connectivity index (χ3n) is 2.37. The van der Waals surface area contributed by atoms with E-state index in [0.29, 0.717) is 4.70 Å². The highest BCUT2D eigenvalue weighted by molar-refractivity contribution is 7.26. The summed E-state index contributed by atoms with van der Waals surface area (Å²) in [6.45, 7) is 2.04. The van der Waals surface area contributed by atoms with Crippen molar-refractivity contribution < 1.29 is 5.11 Å². The number of nitrogens with zero attached hydrogens (tertiary/aromatic N) is 3. The van der Waals surface area contributed by atoms with Gasteiger partial charge < -0.3 is 5.11 Å². The lowest BCUT2D eigenvalue weighted by molar-refractivity contribution is 0.449. The van der Waals surface area contributed by atoms with Gasteiger partial charge in [0.2, 0.25) is 0 Å². The molecule has 1 N–H and O–H groups in total. The van der Waals surface area contributed by atoms with Crippen LogP contribution in [0.4, 0.5) is 0 Å². The van der Waals surface area contributed by atoms with E-state index in [0.717, 1.165) is 15.6 Å². The van der Waals surface area contributed by atoms with E-state index in [1.54, 1.807) is 0 Å². The molecule has 0 aliphatic heterocycles. The maximum Gasteiger partial charge on any atom is 0.252 e. The van der Waals surface area contributed by atoms with Gasteiger partial charge in [-0.1, -0.05) is 23.3 Å². The topological polar surface area (TPSA) is 58.9 Å². The number of hydrogen-bond donors (Lipinski definition) is 1. The molecule has 0 spiro atoms. The first-order valence-corrected chi connectivity index (χ1v) is 5.29. The molecule has 0 saturated carbocycles. The van der Waals surface area contributed by atoms with Gasteiger partial charge in [-0.2, -0.15) is 0 Å². The fourth-order valence-corrected chi connectivity index (χ4v) is 2.74. The molecule has 0 amide bonds. The molecule has 4 nitrogen and oxygen atoms in total. The summed E-state index contributed by atoms with van der Waals surface area (Å²) in [6.07, 6.45) is 0. The number of aryl methyl sites for hydroxylation is 1. The van der Waals surface area contributed by atoms with Crippen LogP contribution in [0.25, 0.3) is 20.3 Å². The fraction of sp³-hybridized carbons (Fsp3) is 0.100. The molecule has 0 unspecified atom stereocenters. The Kier molecular flexibility index (Phi) is 1.63.